The van der Waals surface area contributed by atoms with Crippen LogP contribution in [0.2, 0.25) is 0 Å². The molecule has 1 aromatic carbocycles. The quantitative estimate of drug-likeness (QED) is 0.331. The molecule has 0 spiro atoms. The highest BCUT2D eigenvalue weighted by Crippen LogP contribution is 2.30. The normalized spacial score (nSPS) is 18.7. The number of hydrogen-bond acceptors (Lipinski definition) is 3. The third-order valence-corrected chi connectivity index (χ3v) is 5.68. The molecular weight excluding hydrogens is 367 g/mol. The van der Waals surface area contributed by atoms with E-state index in [9.17, 15) is 4.39 Å². The molecule has 6 heteroatoms. The molecule has 1 heterocycles. The van der Waals surface area contributed by atoms with Crippen LogP contribution in [-0.2, 0) is 0 Å². The second kappa shape index (κ2) is 11.4. The van der Waals surface area contributed by atoms with Gasteiger partial charge in [0, 0.05) is 13.1 Å². The highest BCUT2D eigenvalue weighted by atomic mass is 19.1. The van der Waals surface area contributed by atoms with Gasteiger partial charge in [0.25, 0.3) is 0 Å². The lowest BCUT2D eigenvalue weighted by Gasteiger charge is -2.19. The molecule has 29 heavy (non-hydrogen) atoms. The molecule has 1 aliphatic carbocycles. The molecule has 162 valence electrons. The molecule has 2 aliphatic rings. The summed E-state index contributed by atoms with van der Waals surface area (Å²) in [6, 6.07) is 5.21. The lowest BCUT2D eigenvalue weighted by atomic mass is 10.1. The Labute approximate surface area is 175 Å². The van der Waals surface area contributed by atoms with Gasteiger partial charge in [0.1, 0.15) is 0 Å². The van der Waals surface area contributed by atoms with Crippen molar-refractivity contribution >= 4 is 5.96 Å². The molecule has 1 atom stereocenters. The maximum Gasteiger partial charge on any atom is 0.191 e. The first-order chi connectivity index (χ1) is 14.2. The van der Waals surface area contributed by atoms with Crippen LogP contribution in [0.1, 0.15) is 64.0 Å². The van der Waals surface area contributed by atoms with Crippen LogP contribution in [0, 0.1) is 11.7 Å². The number of halogens is 1. The van der Waals surface area contributed by atoms with E-state index in [4.69, 9.17) is 9.73 Å². The SMILES string of the molecule is CCNC(=NCCCCN1CCCC1)NC(C)c1ccc(OCC2CC2)c(F)c1. The van der Waals surface area contributed by atoms with E-state index in [1.807, 2.05) is 13.0 Å². The first-order valence-corrected chi connectivity index (χ1v) is 11.3. The van der Waals surface area contributed by atoms with Crippen molar-refractivity contribution in [2.24, 2.45) is 10.9 Å². The van der Waals surface area contributed by atoms with Gasteiger partial charge in [0.15, 0.2) is 17.5 Å². The van der Waals surface area contributed by atoms with Gasteiger partial charge in [-0.15, -0.1) is 0 Å². The number of benzene rings is 1. The fourth-order valence-corrected chi connectivity index (χ4v) is 3.65. The van der Waals surface area contributed by atoms with Gasteiger partial charge in [-0.2, -0.15) is 0 Å². The molecule has 0 bridgehead atoms. The monoisotopic (exact) mass is 404 g/mol. The number of unbranched alkanes of at least 4 members (excludes halogenated alkanes) is 1. The van der Waals surface area contributed by atoms with E-state index in [2.05, 4.69) is 22.5 Å². The Kier molecular flexibility index (Phi) is 8.59. The molecule has 1 unspecified atom stereocenters. The summed E-state index contributed by atoms with van der Waals surface area (Å²) in [5.74, 6) is 1.46. The van der Waals surface area contributed by atoms with Crippen molar-refractivity contribution < 1.29 is 9.13 Å². The first-order valence-electron chi connectivity index (χ1n) is 11.3. The lowest BCUT2D eigenvalue weighted by molar-refractivity contribution is 0.285. The fraction of sp³-hybridized carbons (Fsp3) is 0.696. The summed E-state index contributed by atoms with van der Waals surface area (Å²) in [5.41, 5.74) is 0.890. The minimum Gasteiger partial charge on any atom is -0.490 e. The number of ether oxygens (including phenoxy) is 1. The molecule has 1 saturated carbocycles. The van der Waals surface area contributed by atoms with Crippen molar-refractivity contribution in [3.05, 3.63) is 29.6 Å². The second-order valence-corrected chi connectivity index (χ2v) is 8.33. The average molecular weight is 405 g/mol. The highest BCUT2D eigenvalue weighted by Gasteiger charge is 2.22. The van der Waals surface area contributed by atoms with E-state index in [1.54, 1.807) is 12.1 Å². The number of guanidine groups is 1. The van der Waals surface area contributed by atoms with Crippen molar-refractivity contribution in [1.29, 1.82) is 0 Å². The lowest BCUT2D eigenvalue weighted by Crippen LogP contribution is -2.38. The van der Waals surface area contributed by atoms with Crippen LogP contribution in [0.4, 0.5) is 4.39 Å². The third kappa shape index (κ3) is 7.50. The summed E-state index contributed by atoms with van der Waals surface area (Å²) in [6.45, 7) is 10.0. The van der Waals surface area contributed by atoms with E-state index in [1.165, 1.54) is 51.7 Å². The first kappa shape index (κ1) is 21.9. The van der Waals surface area contributed by atoms with Crippen molar-refractivity contribution in [3.63, 3.8) is 0 Å². The fourth-order valence-electron chi connectivity index (χ4n) is 3.65. The smallest absolute Gasteiger partial charge is 0.191 e. The summed E-state index contributed by atoms with van der Waals surface area (Å²) in [7, 11) is 0. The summed E-state index contributed by atoms with van der Waals surface area (Å²) >= 11 is 0. The number of aliphatic imine (C=N–C) groups is 1. The van der Waals surface area contributed by atoms with Crippen LogP contribution in [0.5, 0.6) is 5.75 Å². The number of rotatable bonds is 11. The Morgan fingerprint density at radius 1 is 1.28 bits per heavy atom. The van der Waals surface area contributed by atoms with E-state index in [0.717, 1.165) is 31.0 Å². The highest BCUT2D eigenvalue weighted by molar-refractivity contribution is 5.80. The summed E-state index contributed by atoms with van der Waals surface area (Å²) in [6.07, 6.45) is 7.36. The van der Waals surface area contributed by atoms with Crippen molar-refractivity contribution in [2.75, 3.05) is 39.3 Å². The van der Waals surface area contributed by atoms with Gasteiger partial charge in [-0.1, -0.05) is 6.07 Å². The van der Waals surface area contributed by atoms with Gasteiger partial charge in [0.05, 0.1) is 12.6 Å². The minimum absolute atomic E-state index is 0.0376. The van der Waals surface area contributed by atoms with Crippen LogP contribution in [0.15, 0.2) is 23.2 Å². The predicted octanol–water partition coefficient (Wildman–Crippen LogP) is 4.11. The van der Waals surface area contributed by atoms with Crippen LogP contribution in [0.3, 0.4) is 0 Å². The summed E-state index contributed by atoms with van der Waals surface area (Å²) < 4.78 is 20.0. The zero-order valence-corrected chi connectivity index (χ0v) is 18.1. The number of nitrogens with zero attached hydrogens (tertiary/aromatic N) is 2. The van der Waals surface area contributed by atoms with Gasteiger partial charge >= 0.3 is 0 Å². The summed E-state index contributed by atoms with van der Waals surface area (Å²) in [4.78, 5) is 7.24. The number of nitrogens with one attached hydrogen (secondary N) is 2. The molecule has 2 N–H and O–H groups in total. The van der Waals surface area contributed by atoms with E-state index in [-0.39, 0.29) is 11.9 Å². The molecule has 1 saturated heterocycles. The van der Waals surface area contributed by atoms with Gasteiger partial charge < -0.3 is 20.3 Å². The standard InChI is InChI=1S/C23H37FN4O/c1-3-25-23(26-12-4-5-13-28-14-6-7-15-28)27-18(2)20-10-11-22(21(24)16-20)29-17-19-8-9-19/h10-11,16,18-19H,3-9,12-15,17H2,1-2H3,(H2,25,26,27). The van der Waals surface area contributed by atoms with Crippen LogP contribution in [-0.4, -0.2) is 50.2 Å². The molecule has 2 fully saturated rings. The van der Waals surface area contributed by atoms with Crippen LogP contribution < -0.4 is 15.4 Å². The van der Waals surface area contributed by atoms with Crippen molar-refractivity contribution in [2.45, 2.75) is 58.4 Å². The second-order valence-electron chi connectivity index (χ2n) is 8.33. The Balaban J connectivity index is 1.45. The molecule has 1 aromatic rings. The predicted molar refractivity (Wildman–Crippen MR) is 117 cm³/mol. The van der Waals surface area contributed by atoms with Gasteiger partial charge in [-0.3, -0.25) is 4.99 Å². The van der Waals surface area contributed by atoms with Crippen molar-refractivity contribution in [3.8, 4) is 5.75 Å². The molecule has 1 aliphatic heterocycles. The minimum atomic E-state index is -0.291. The third-order valence-electron chi connectivity index (χ3n) is 5.68. The Morgan fingerprint density at radius 3 is 2.76 bits per heavy atom. The topological polar surface area (TPSA) is 48.9 Å². The zero-order chi connectivity index (χ0) is 20.5. The maximum atomic E-state index is 14.4. The van der Waals surface area contributed by atoms with Gasteiger partial charge in [-0.05, 0) is 95.6 Å². The van der Waals surface area contributed by atoms with Crippen LogP contribution in [0.25, 0.3) is 0 Å². The molecule has 0 aromatic heterocycles. The maximum absolute atomic E-state index is 14.4. The van der Waals surface area contributed by atoms with E-state index >= 15 is 0 Å². The Bertz CT molecular complexity index is 656. The molecule has 5 nitrogen and oxygen atoms in total. The number of hydrogen-bond donors (Lipinski definition) is 2. The van der Waals surface area contributed by atoms with Gasteiger partial charge in [0.2, 0.25) is 0 Å². The van der Waals surface area contributed by atoms with Crippen molar-refractivity contribution in [1.82, 2.24) is 15.5 Å². The molecular formula is C23H37FN4O. The van der Waals surface area contributed by atoms with Gasteiger partial charge in [-0.25, -0.2) is 4.39 Å². The molecule has 3 rings (SSSR count). The van der Waals surface area contributed by atoms with E-state index in [0.29, 0.717) is 18.3 Å². The number of likely N-dealkylation sites (tertiary alicyclic amines) is 1. The zero-order valence-electron chi connectivity index (χ0n) is 18.1. The molecule has 0 amide bonds. The Hall–Kier alpha value is -1.82. The van der Waals surface area contributed by atoms with E-state index < -0.39 is 0 Å². The largest absolute Gasteiger partial charge is 0.490 e. The molecule has 0 radical (unpaired) electrons. The van der Waals surface area contributed by atoms with Crippen LogP contribution >= 0.6 is 0 Å². The Morgan fingerprint density at radius 2 is 2.07 bits per heavy atom. The summed E-state index contributed by atoms with van der Waals surface area (Å²) in [5, 5.41) is 6.69. The average Bonchev–Trinajstić information content (AvgIpc) is 3.40.